The Balaban J connectivity index is 2.07. The molecular formula is C16H21N3O2. The van der Waals surface area contributed by atoms with Crippen molar-refractivity contribution < 1.29 is 23.2 Å². The van der Waals surface area contributed by atoms with Crippen LogP contribution in [0.1, 0.15) is 24.8 Å². The molecular weight excluding hydrogens is 266 g/mol. The predicted molar refractivity (Wildman–Crippen MR) is 82.5 cm³/mol. The highest BCUT2D eigenvalue weighted by Gasteiger charge is 2.22. The van der Waals surface area contributed by atoms with Gasteiger partial charge in [0.15, 0.2) is 0 Å². The van der Waals surface area contributed by atoms with E-state index in [9.17, 15) is 4.79 Å². The number of benzene rings is 1. The first-order valence-corrected chi connectivity index (χ1v) is 6.27. The number of nitrogens with zero attached hydrogens (tertiary/aromatic N) is 1. The number of hydrogen-bond acceptors (Lipinski definition) is 3. The lowest BCUT2D eigenvalue weighted by Gasteiger charge is -2.09. The third kappa shape index (κ3) is 3.19. The van der Waals surface area contributed by atoms with Gasteiger partial charge in [-0.05, 0) is 50.0 Å². The molecule has 5 nitrogen and oxygen atoms in total. The maximum absolute atomic E-state index is 11.5. The molecule has 2 heterocycles. The molecule has 1 fully saturated rings. The van der Waals surface area contributed by atoms with Crippen LogP contribution in [0, 0.1) is 0 Å². The molecule has 1 saturated heterocycles. The van der Waals surface area contributed by atoms with Gasteiger partial charge in [0.1, 0.15) is 6.56 Å². The SMILES string of the molecule is [2H]C([2H])(CN(C)C([2H])([2H])[2H])c1c[nH]c2ccc(C([2H])([2H])[C@]3([2H])NC(=O)OC3([2H])[2H])cc12. The van der Waals surface area contributed by atoms with E-state index in [4.69, 9.17) is 13.7 Å². The van der Waals surface area contributed by atoms with E-state index in [2.05, 4.69) is 9.72 Å². The summed E-state index contributed by atoms with van der Waals surface area (Å²) < 4.78 is 84.2. The zero-order chi connectivity index (χ0) is 23.6. The van der Waals surface area contributed by atoms with Crippen LogP contribution in [0.2, 0.25) is 0 Å². The number of cyclic esters (lactones) is 1. The van der Waals surface area contributed by atoms with Crippen molar-refractivity contribution in [1.82, 2.24) is 15.2 Å². The standard InChI is InChI=1S/C16H21N3O2/c1-19(2)6-5-12-9-17-15-4-3-11(8-14(12)15)7-13-10-21-16(20)18-13/h3-4,8-9,13,17H,5-7,10H2,1-2H3,(H,18,20)/t13-/m0/s1/i1D3,5D2,7D2,10D2,13D. The van der Waals surface area contributed by atoms with Crippen molar-refractivity contribution in [2.24, 2.45) is 0 Å². The van der Waals surface area contributed by atoms with Gasteiger partial charge in [0, 0.05) is 33.2 Å². The van der Waals surface area contributed by atoms with Crippen LogP contribution in [-0.2, 0) is 17.5 Å². The smallest absolute Gasteiger partial charge is 0.407 e. The molecule has 5 heteroatoms. The number of carbonyl (C=O) groups is 1. The van der Waals surface area contributed by atoms with Crippen molar-refractivity contribution in [3.05, 3.63) is 35.5 Å². The number of ether oxygens (including phenoxy) is 1. The van der Waals surface area contributed by atoms with Gasteiger partial charge in [-0.3, -0.25) is 0 Å². The first kappa shape index (κ1) is 6.40. The molecule has 0 saturated carbocycles. The van der Waals surface area contributed by atoms with Gasteiger partial charge >= 0.3 is 6.09 Å². The largest absolute Gasteiger partial charge is 0.447 e. The van der Waals surface area contributed by atoms with Crippen LogP contribution in [0.3, 0.4) is 0 Å². The zero-order valence-corrected chi connectivity index (χ0v) is 11.3. The summed E-state index contributed by atoms with van der Waals surface area (Å²) in [5, 5.41) is 2.13. The van der Waals surface area contributed by atoms with Gasteiger partial charge in [0.05, 0.1) is 10.1 Å². The van der Waals surface area contributed by atoms with Crippen molar-refractivity contribution in [2.45, 2.75) is 18.8 Å². The number of amides is 1. The fourth-order valence-corrected chi connectivity index (χ4v) is 2.00. The summed E-state index contributed by atoms with van der Waals surface area (Å²) in [6, 6.07) is 1.18. The van der Waals surface area contributed by atoms with E-state index in [0.717, 1.165) is 4.90 Å². The summed E-state index contributed by atoms with van der Waals surface area (Å²) in [4.78, 5) is 15.3. The van der Waals surface area contributed by atoms with Gasteiger partial charge in [-0.2, -0.15) is 0 Å². The summed E-state index contributed by atoms with van der Waals surface area (Å²) >= 11 is 0. The van der Waals surface area contributed by atoms with E-state index >= 15 is 0 Å². The second-order valence-corrected chi connectivity index (χ2v) is 4.61. The van der Waals surface area contributed by atoms with Gasteiger partial charge in [-0.25, -0.2) is 4.79 Å². The molecule has 21 heavy (non-hydrogen) atoms. The molecule has 0 radical (unpaired) electrons. The van der Waals surface area contributed by atoms with Gasteiger partial charge in [-0.1, -0.05) is 6.07 Å². The number of aromatic nitrogens is 1. The van der Waals surface area contributed by atoms with Gasteiger partial charge in [0.25, 0.3) is 0 Å². The third-order valence-corrected chi connectivity index (χ3v) is 2.93. The Labute approximate surface area is 138 Å². The van der Waals surface area contributed by atoms with E-state index in [1.807, 2.05) is 5.32 Å². The molecule has 1 aliphatic rings. The summed E-state index contributed by atoms with van der Waals surface area (Å²) in [7, 11) is 1.26. The van der Waals surface area contributed by atoms with Crippen LogP contribution in [0.15, 0.2) is 24.4 Å². The zero-order valence-electron chi connectivity index (χ0n) is 21.3. The lowest BCUT2D eigenvalue weighted by Crippen LogP contribution is -2.28. The number of likely N-dealkylation sites (N-methyl/N-ethyl adjacent to an activating group) is 1. The monoisotopic (exact) mass is 297 g/mol. The average molecular weight is 297 g/mol. The molecule has 0 bridgehead atoms. The Bertz CT molecular complexity index is 1020. The predicted octanol–water partition coefficient (Wildman–Crippen LogP) is 1.92. The highest BCUT2D eigenvalue weighted by atomic mass is 16.6. The van der Waals surface area contributed by atoms with E-state index in [1.165, 1.54) is 31.4 Å². The lowest BCUT2D eigenvalue weighted by molar-refractivity contribution is 0.177. The Kier molecular flexibility index (Phi) is 1.76. The molecule has 1 atom stereocenters. The normalized spacial score (nSPS) is 33.1. The molecule has 2 N–H and O–H groups in total. The van der Waals surface area contributed by atoms with Crippen LogP contribution in [0.5, 0.6) is 0 Å². The number of carbonyl (C=O) groups excluding carboxylic acids is 1. The third-order valence-electron chi connectivity index (χ3n) is 2.93. The molecule has 1 aromatic carbocycles. The number of H-pyrrole nitrogens is 1. The summed E-state index contributed by atoms with van der Waals surface area (Å²) in [5.74, 6) is 0. The Morgan fingerprint density at radius 3 is 3.33 bits per heavy atom. The van der Waals surface area contributed by atoms with Gasteiger partial charge < -0.3 is 19.9 Å². The first-order chi connectivity index (χ1) is 13.9. The number of nitrogens with one attached hydrogen (secondary N) is 2. The second-order valence-electron chi connectivity index (χ2n) is 4.61. The van der Waals surface area contributed by atoms with E-state index in [0.29, 0.717) is 5.52 Å². The Morgan fingerprint density at radius 1 is 1.67 bits per heavy atom. The average Bonchev–Trinajstić information content (AvgIpc) is 3.12. The fraction of sp³-hybridized carbons (Fsp3) is 0.438. The summed E-state index contributed by atoms with van der Waals surface area (Å²) in [6.07, 6.45) is -4.82. The molecule has 3 rings (SSSR count). The molecule has 2 aromatic rings. The molecule has 0 unspecified atom stereocenters. The molecule has 1 amide bonds. The minimum Gasteiger partial charge on any atom is -0.447 e. The first-order valence-electron chi connectivity index (χ1n) is 11.3. The van der Waals surface area contributed by atoms with Crippen molar-refractivity contribution in [1.29, 1.82) is 0 Å². The number of hydrogen-bond donors (Lipinski definition) is 2. The highest BCUT2D eigenvalue weighted by Crippen LogP contribution is 2.21. The Morgan fingerprint density at radius 2 is 2.57 bits per heavy atom. The maximum atomic E-state index is 11.5. The second kappa shape index (κ2) is 5.77. The summed E-state index contributed by atoms with van der Waals surface area (Å²) in [6.45, 7) is -5.95. The summed E-state index contributed by atoms with van der Waals surface area (Å²) in [5.41, 5.74) is 0.319. The molecule has 1 aliphatic heterocycles. The van der Waals surface area contributed by atoms with E-state index in [-0.39, 0.29) is 16.5 Å². The minimum absolute atomic E-state index is 0.0741. The molecule has 0 spiro atoms. The van der Waals surface area contributed by atoms with Crippen molar-refractivity contribution >= 4 is 17.0 Å². The molecule has 112 valence electrons. The van der Waals surface area contributed by atoms with Gasteiger partial charge in [0.2, 0.25) is 0 Å². The van der Waals surface area contributed by atoms with Crippen LogP contribution in [-0.4, -0.2) is 49.1 Å². The van der Waals surface area contributed by atoms with Crippen LogP contribution >= 0.6 is 0 Å². The number of alkyl carbamates (subject to hydrolysis) is 1. The Hall–Kier alpha value is -2.01. The molecule has 1 aromatic heterocycles. The van der Waals surface area contributed by atoms with Crippen molar-refractivity contribution in [3.8, 4) is 0 Å². The van der Waals surface area contributed by atoms with Crippen LogP contribution in [0.25, 0.3) is 10.9 Å². The highest BCUT2D eigenvalue weighted by molar-refractivity contribution is 5.84. The minimum atomic E-state index is -2.97. The quantitative estimate of drug-likeness (QED) is 0.886. The number of fused-ring (bicyclic) bond motifs is 1. The fourth-order valence-electron chi connectivity index (χ4n) is 2.00. The topological polar surface area (TPSA) is 57.4 Å². The number of rotatable bonds is 5. The van der Waals surface area contributed by atoms with Crippen molar-refractivity contribution in [3.63, 3.8) is 0 Å². The number of aromatic amines is 1. The van der Waals surface area contributed by atoms with Crippen LogP contribution in [0.4, 0.5) is 4.79 Å². The van der Waals surface area contributed by atoms with Crippen LogP contribution < -0.4 is 5.32 Å². The van der Waals surface area contributed by atoms with Crippen molar-refractivity contribution in [2.75, 3.05) is 27.1 Å². The lowest BCUT2D eigenvalue weighted by atomic mass is 10.0. The molecule has 0 aliphatic carbocycles. The maximum Gasteiger partial charge on any atom is 0.407 e. The van der Waals surface area contributed by atoms with E-state index < -0.39 is 44.9 Å². The van der Waals surface area contributed by atoms with Gasteiger partial charge in [-0.15, -0.1) is 0 Å². The van der Waals surface area contributed by atoms with E-state index in [1.54, 1.807) is 0 Å².